The molecule has 3 unspecified atom stereocenters. The highest BCUT2D eigenvalue weighted by molar-refractivity contribution is 6.05. The van der Waals surface area contributed by atoms with Crippen LogP contribution in [0.5, 0.6) is 11.5 Å². The van der Waals surface area contributed by atoms with E-state index in [1.54, 1.807) is 55.6 Å². The molecule has 3 fully saturated rings. The Kier molecular flexibility index (Phi) is 8.46. The highest BCUT2D eigenvalue weighted by Gasteiger charge is 2.80. The molecule has 2 aromatic rings. The fraction of sp³-hybridized carbons (Fsp3) is 0.545. The number of hydrogen-bond acceptors (Lipinski definition) is 7. The lowest BCUT2D eigenvalue weighted by Gasteiger charge is -2.37. The summed E-state index contributed by atoms with van der Waals surface area (Å²) in [5, 5.41) is 16.5. The molecule has 3 aliphatic rings. The number of carbonyl (C=O) groups excluding carboxylic acids is 3. The van der Waals surface area contributed by atoms with Crippen molar-refractivity contribution < 1.29 is 33.7 Å². The first-order chi connectivity index (χ1) is 20.5. The molecule has 232 valence electrons. The number of anilines is 2. The Balaban J connectivity index is 1.52. The number of likely N-dealkylation sites (tertiary alicyclic amines) is 1. The average molecular weight is 594 g/mol. The van der Waals surface area contributed by atoms with E-state index in [1.807, 2.05) is 34.6 Å². The number of benzene rings is 2. The van der Waals surface area contributed by atoms with E-state index >= 15 is 0 Å². The number of hydrogen-bond donors (Lipinski definition) is 3. The van der Waals surface area contributed by atoms with Crippen LogP contribution in [0.2, 0.25) is 0 Å². The van der Waals surface area contributed by atoms with Gasteiger partial charge in [-0.2, -0.15) is 0 Å². The first kappa shape index (κ1) is 30.8. The monoisotopic (exact) mass is 593 g/mol. The number of carbonyl (C=O) groups is 3. The van der Waals surface area contributed by atoms with E-state index in [1.165, 1.54) is 4.90 Å². The van der Waals surface area contributed by atoms with E-state index in [2.05, 4.69) is 10.6 Å². The Hall–Kier alpha value is -3.63. The van der Waals surface area contributed by atoms with E-state index in [9.17, 15) is 19.5 Å². The minimum absolute atomic E-state index is 0.110. The Morgan fingerprint density at radius 2 is 1.63 bits per heavy atom. The van der Waals surface area contributed by atoms with Gasteiger partial charge in [-0.1, -0.05) is 20.8 Å². The van der Waals surface area contributed by atoms with Crippen LogP contribution in [-0.4, -0.2) is 71.3 Å². The molecule has 0 saturated carbocycles. The molecule has 3 heterocycles. The molecule has 2 bridgehead atoms. The van der Waals surface area contributed by atoms with Gasteiger partial charge in [0.1, 0.15) is 23.1 Å². The number of nitrogens with one attached hydrogen (secondary N) is 2. The molecule has 3 aliphatic heterocycles. The predicted octanol–water partition coefficient (Wildman–Crippen LogP) is 4.09. The van der Waals surface area contributed by atoms with Gasteiger partial charge < -0.3 is 34.9 Å². The zero-order valence-electron chi connectivity index (χ0n) is 25.8. The van der Waals surface area contributed by atoms with Crippen LogP contribution < -0.4 is 20.1 Å². The first-order valence-electron chi connectivity index (χ1n) is 15.1. The van der Waals surface area contributed by atoms with Gasteiger partial charge in [-0.3, -0.25) is 14.4 Å². The lowest BCUT2D eigenvalue weighted by Crippen LogP contribution is -2.56. The zero-order chi connectivity index (χ0) is 31.1. The molecule has 10 heteroatoms. The van der Waals surface area contributed by atoms with E-state index < -0.39 is 41.0 Å². The summed E-state index contributed by atoms with van der Waals surface area (Å²) in [5.74, 6) is -1.42. The first-order valence-corrected chi connectivity index (χ1v) is 15.1. The van der Waals surface area contributed by atoms with Crippen LogP contribution in [0.3, 0.4) is 0 Å². The summed E-state index contributed by atoms with van der Waals surface area (Å²) in [4.78, 5) is 44.2. The summed E-state index contributed by atoms with van der Waals surface area (Å²) in [6.45, 7) is 10.0. The average Bonchev–Trinajstić information content (AvgIpc) is 3.49. The Morgan fingerprint density at radius 1 is 1.05 bits per heavy atom. The molecule has 2 aromatic carbocycles. The van der Waals surface area contributed by atoms with Crippen LogP contribution >= 0.6 is 0 Å². The molecule has 43 heavy (non-hydrogen) atoms. The molecular formula is C33H43N3O7. The molecule has 10 nitrogen and oxygen atoms in total. The molecule has 1 spiro atoms. The Bertz CT molecular complexity index is 1350. The van der Waals surface area contributed by atoms with Gasteiger partial charge in [0.05, 0.1) is 43.8 Å². The van der Waals surface area contributed by atoms with Crippen molar-refractivity contribution in [1.82, 2.24) is 4.90 Å². The van der Waals surface area contributed by atoms with E-state index in [-0.39, 0.29) is 30.3 Å². The normalized spacial score (nSPS) is 29.9. The molecule has 5 rings (SSSR count). The van der Waals surface area contributed by atoms with Crippen molar-refractivity contribution in [2.45, 2.75) is 70.7 Å². The van der Waals surface area contributed by atoms with Crippen molar-refractivity contribution in [2.75, 3.05) is 31.0 Å². The molecule has 3 N–H and O–H groups in total. The molecule has 0 aromatic heterocycles. The van der Waals surface area contributed by atoms with Crippen LogP contribution in [0.15, 0.2) is 48.5 Å². The number of ether oxygens (including phenoxy) is 3. The van der Waals surface area contributed by atoms with E-state index in [4.69, 9.17) is 14.2 Å². The number of fused-ring (bicyclic) bond motifs is 1. The molecule has 3 saturated heterocycles. The number of aliphatic hydroxyl groups is 1. The largest absolute Gasteiger partial charge is 0.497 e. The Labute approximate surface area is 253 Å². The van der Waals surface area contributed by atoms with Crippen LogP contribution in [0.1, 0.15) is 47.5 Å². The van der Waals surface area contributed by atoms with Crippen molar-refractivity contribution >= 4 is 29.1 Å². The van der Waals surface area contributed by atoms with Crippen molar-refractivity contribution in [3.63, 3.8) is 0 Å². The van der Waals surface area contributed by atoms with Crippen molar-refractivity contribution in [3.05, 3.63) is 48.5 Å². The van der Waals surface area contributed by atoms with Gasteiger partial charge in [-0.15, -0.1) is 0 Å². The number of amides is 3. The fourth-order valence-electron chi connectivity index (χ4n) is 7.50. The van der Waals surface area contributed by atoms with Gasteiger partial charge in [-0.25, -0.2) is 0 Å². The smallest absolute Gasteiger partial charge is 0.250 e. The summed E-state index contributed by atoms with van der Waals surface area (Å²) in [6, 6.07) is 12.4. The highest BCUT2D eigenvalue weighted by atomic mass is 16.5. The summed E-state index contributed by atoms with van der Waals surface area (Å²) in [5.41, 5.74) is -1.08. The number of nitrogens with zero attached hydrogens (tertiary/aromatic N) is 1. The molecule has 3 amide bonds. The summed E-state index contributed by atoms with van der Waals surface area (Å²) in [7, 11) is 1.57. The third-order valence-electron chi connectivity index (χ3n) is 9.42. The second-order valence-corrected chi connectivity index (χ2v) is 12.6. The van der Waals surface area contributed by atoms with E-state index in [0.29, 0.717) is 42.3 Å². The maximum Gasteiger partial charge on any atom is 0.250 e. The van der Waals surface area contributed by atoms with Crippen LogP contribution in [-0.2, 0) is 19.1 Å². The van der Waals surface area contributed by atoms with Crippen molar-refractivity contribution in [1.29, 1.82) is 0 Å². The molecule has 0 radical (unpaired) electrons. The third kappa shape index (κ3) is 5.25. The van der Waals surface area contributed by atoms with E-state index in [0.717, 1.165) is 0 Å². The molecular weight excluding hydrogens is 550 g/mol. The summed E-state index contributed by atoms with van der Waals surface area (Å²) in [6.07, 6.45) is 0.928. The lowest BCUT2D eigenvalue weighted by atomic mass is 9.62. The number of methoxy groups -OCH3 is 1. The zero-order valence-corrected chi connectivity index (χ0v) is 25.8. The quantitative estimate of drug-likeness (QED) is 0.358. The highest BCUT2D eigenvalue weighted by Crippen LogP contribution is 2.65. The van der Waals surface area contributed by atoms with Crippen molar-refractivity contribution in [2.24, 2.45) is 23.7 Å². The third-order valence-corrected chi connectivity index (χ3v) is 9.42. The van der Waals surface area contributed by atoms with Gasteiger partial charge in [-0.05, 0) is 87.1 Å². The topological polar surface area (TPSA) is 126 Å². The second kappa shape index (κ2) is 11.8. The lowest BCUT2D eigenvalue weighted by molar-refractivity contribution is -0.148. The van der Waals surface area contributed by atoms with Crippen molar-refractivity contribution in [3.8, 4) is 11.5 Å². The van der Waals surface area contributed by atoms with Gasteiger partial charge in [0.15, 0.2) is 0 Å². The maximum absolute atomic E-state index is 14.5. The van der Waals surface area contributed by atoms with Gasteiger partial charge in [0, 0.05) is 11.4 Å². The summed E-state index contributed by atoms with van der Waals surface area (Å²) >= 11 is 0. The minimum atomic E-state index is -1.23. The molecule has 7 atom stereocenters. The fourth-order valence-corrected chi connectivity index (χ4v) is 7.50. The second-order valence-electron chi connectivity index (χ2n) is 12.6. The number of rotatable bonds is 11. The Morgan fingerprint density at radius 3 is 2.16 bits per heavy atom. The standard InChI is InChI=1S/C33H43N3O7/c1-7-42-25-14-10-21(11-15-25)34-29(38)26-27-31(40)36(23(18-37)16-19(2)3)28(33(27)17-20(4)32(26,5)43-33)30(39)35-22-8-12-24(41-6)13-9-22/h8-15,19-20,23,26-28,37H,7,16-18H2,1-6H3,(H,34,38)(H,35,39)/t20?,23-,26-,27+,28?,32+,33?/m1/s1. The number of aliphatic hydroxyl groups excluding tert-OH is 1. The van der Waals surface area contributed by atoms with Gasteiger partial charge >= 0.3 is 0 Å². The predicted molar refractivity (Wildman–Crippen MR) is 162 cm³/mol. The minimum Gasteiger partial charge on any atom is -0.497 e. The molecule has 0 aliphatic carbocycles. The van der Waals surface area contributed by atoms with Gasteiger partial charge in [0.25, 0.3) is 0 Å². The summed E-state index contributed by atoms with van der Waals surface area (Å²) < 4.78 is 17.6. The SMILES string of the molecule is CCOc1ccc(NC(=O)[C@H]2[C@H]3C(=O)N([C@@H](CO)CC(C)C)C(C(=O)Nc4ccc(OC)cc4)C34CC(C)[C@]2(C)O4)cc1. The van der Waals surface area contributed by atoms with Crippen LogP contribution in [0.4, 0.5) is 11.4 Å². The van der Waals surface area contributed by atoms with Crippen LogP contribution in [0.25, 0.3) is 0 Å². The maximum atomic E-state index is 14.5. The van der Waals surface area contributed by atoms with Crippen LogP contribution in [0, 0.1) is 23.7 Å². The van der Waals surface area contributed by atoms with Gasteiger partial charge in [0.2, 0.25) is 17.7 Å².